The van der Waals surface area contributed by atoms with Crippen molar-refractivity contribution in [2.24, 2.45) is 0 Å². The van der Waals surface area contributed by atoms with Crippen molar-refractivity contribution in [2.45, 2.75) is 24.8 Å². The van der Waals surface area contributed by atoms with Crippen LogP contribution in [0.2, 0.25) is 0 Å². The number of carbonyl (C=O) groups is 1. The second-order valence-corrected chi connectivity index (χ2v) is 5.14. The summed E-state index contributed by atoms with van der Waals surface area (Å²) in [5.41, 5.74) is -0.696. The third-order valence-corrected chi connectivity index (χ3v) is 3.68. The smallest absolute Gasteiger partial charge is 0.323 e. The first-order chi connectivity index (χ1) is 8.00. The molecule has 0 aromatic rings. The number of likely N-dealkylation sites (N-methyl/N-ethyl adjacent to an activating group) is 1. The van der Waals surface area contributed by atoms with Crippen LogP contribution in [0.15, 0.2) is 0 Å². The molecule has 0 aromatic heterocycles. The zero-order chi connectivity index (χ0) is 12.9. The molecule has 0 aromatic carbocycles. The minimum atomic E-state index is -0.715. The Morgan fingerprint density at radius 3 is 2.41 bits per heavy atom. The van der Waals surface area contributed by atoms with Crippen LogP contribution < -0.4 is 5.32 Å². The maximum Gasteiger partial charge on any atom is 0.323 e. The molecular weight excluding hydrogens is 218 g/mol. The van der Waals surface area contributed by atoms with E-state index in [0.29, 0.717) is 12.8 Å². The highest BCUT2D eigenvalue weighted by Crippen LogP contribution is 2.22. The Hall–Kier alpha value is -0.650. The predicted molar refractivity (Wildman–Crippen MR) is 68.3 cm³/mol. The highest BCUT2D eigenvalue weighted by Gasteiger charge is 2.39. The summed E-state index contributed by atoms with van der Waals surface area (Å²) in [4.78, 5) is 15.8. The van der Waals surface area contributed by atoms with Gasteiger partial charge >= 0.3 is 5.97 Å². The summed E-state index contributed by atoms with van der Waals surface area (Å²) >= 11 is 0. The van der Waals surface area contributed by atoms with E-state index >= 15 is 0 Å². The second kappa shape index (κ2) is 6.33. The summed E-state index contributed by atoms with van der Waals surface area (Å²) in [5.74, 6) is -0.715. The maximum atomic E-state index is 11.2. The molecule has 2 N–H and O–H groups in total. The molecule has 5 nitrogen and oxygen atoms in total. The van der Waals surface area contributed by atoms with Gasteiger partial charge in [-0.1, -0.05) is 0 Å². The average Bonchev–Trinajstić information content (AvgIpc) is 2.29. The zero-order valence-electron chi connectivity index (χ0n) is 11.2. The van der Waals surface area contributed by atoms with Crippen LogP contribution in [0.3, 0.4) is 0 Å². The zero-order valence-corrected chi connectivity index (χ0v) is 11.2. The number of nitrogens with one attached hydrogen (secondary N) is 1. The highest BCUT2D eigenvalue weighted by atomic mass is 16.4. The molecule has 0 aliphatic carbocycles. The lowest BCUT2D eigenvalue weighted by Gasteiger charge is -2.38. The minimum absolute atomic E-state index is 0.695. The van der Waals surface area contributed by atoms with E-state index in [0.717, 1.165) is 32.6 Å². The van der Waals surface area contributed by atoms with E-state index in [9.17, 15) is 9.90 Å². The molecule has 0 atom stereocenters. The van der Waals surface area contributed by atoms with Crippen molar-refractivity contribution >= 4 is 5.97 Å². The van der Waals surface area contributed by atoms with Crippen molar-refractivity contribution in [1.82, 2.24) is 15.1 Å². The van der Waals surface area contributed by atoms with Crippen molar-refractivity contribution in [1.29, 1.82) is 0 Å². The van der Waals surface area contributed by atoms with Gasteiger partial charge in [-0.2, -0.15) is 0 Å². The number of carboxylic acid groups (broad SMARTS) is 1. The van der Waals surface area contributed by atoms with Gasteiger partial charge in [0.2, 0.25) is 0 Å². The molecule has 1 rings (SSSR count). The van der Waals surface area contributed by atoms with E-state index in [1.165, 1.54) is 0 Å². The van der Waals surface area contributed by atoms with Crippen LogP contribution in [0, 0.1) is 0 Å². The summed E-state index contributed by atoms with van der Waals surface area (Å²) < 4.78 is 0. The summed E-state index contributed by atoms with van der Waals surface area (Å²) in [6, 6.07) is 0. The number of piperidine rings is 1. The second-order valence-electron chi connectivity index (χ2n) is 5.14. The van der Waals surface area contributed by atoms with Gasteiger partial charge in [0, 0.05) is 13.1 Å². The molecule has 0 spiro atoms. The lowest BCUT2D eigenvalue weighted by molar-refractivity contribution is -0.146. The quantitative estimate of drug-likeness (QED) is 0.692. The lowest BCUT2D eigenvalue weighted by Crippen LogP contribution is -2.57. The number of hydrogen-bond acceptors (Lipinski definition) is 4. The Balaban J connectivity index is 2.32. The van der Waals surface area contributed by atoms with Gasteiger partial charge in [0.15, 0.2) is 0 Å². The molecule has 0 bridgehead atoms. The van der Waals surface area contributed by atoms with Gasteiger partial charge in [-0.15, -0.1) is 0 Å². The van der Waals surface area contributed by atoms with Crippen molar-refractivity contribution < 1.29 is 9.90 Å². The Bertz CT molecular complexity index is 248. The fourth-order valence-electron chi connectivity index (χ4n) is 2.34. The molecule has 0 unspecified atom stereocenters. The van der Waals surface area contributed by atoms with E-state index in [-0.39, 0.29) is 0 Å². The third kappa shape index (κ3) is 3.94. The monoisotopic (exact) mass is 243 g/mol. The molecule has 0 saturated carbocycles. The van der Waals surface area contributed by atoms with Gasteiger partial charge in [-0.3, -0.25) is 4.79 Å². The number of aliphatic carboxylic acids is 1. The SMILES string of the molecule is CNC1(C(=O)O)CCN(CCCN(C)C)CC1. The first kappa shape index (κ1) is 14.4. The van der Waals surface area contributed by atoms with E-state index < -0.39 is 11.5 Å². The summed E-state index contributed by atoms with van der Waals surface area (Å²) in [6.07, 6.45) is 2.54. The molecule has 1 aliphatic rings. The van der Waals surface area contributed by atoms with E-state index in [1.807, 2.05) is 0 Å². The van der Waals surface area contributed by atoms with Crippen LogP contribution in [0.4, 0.5) is 0 Å². The first-order valence-electron chi connectivity index (χ1n) is 6.29. The Labute approximate surface area is 104 Å². The van der Waals surface area contributed by atoms with Crippen LogP contribution in [-0.2, 0) is 4.79 Å². The summed E-state index contributed by atoms with van der Waals surface area (Å²) in [7, 11) is 5.90. The van der Waals surface area contributed by atoms with Crippen LogP contribution in [0.25, 0.3) is 0 Å². The highest BCUT2D eigenvalue weighted by molar-refractivity contribution is 5.78. The molecule has 1 heterocycles. The van der Waals surface area contributed by atoms with Crippen LogP contribution in [0.1, 0.15) is 19.3 Å². The standard InChI is InChI=1S/C12H25N3O2/c1-13-12(11(16)17)5-9-15(10-6-12)8-4-7-14(2)3/h13H,4-10H2,1-3H3,(H,16,17). The van der Waals surface area contributed by atoms with Crippen molar-refractivity contribution in [2.75, 3.05) is 47.3 Å². The van der Waals surface area contributed by atoms with E-state index in [4.69, 9.17) is 0 Å². The molecule has 0 radical (unpaired) electrons. The van der Waals surface area contributed by atoms with Gasteiger partial charge in [0.05, 0.1) is 0 Å². The molecule has 0 amide bonds. The minimum Gasteiger partial charge on any atom is -0.480 e. The number of carboxylic acids is 1. The number of nitrogens with zero attached hydrogens (tertiary/aromatic N) is 2. The third-order valence-electron chi connectivity index (χ3n) is 3.68. The van der Waals surface area contributed by atoms with E-state index in [1.54, 1.807) is 7.05 Å². The van der Waals surface area contributed by atoms with Crippen LogP contribution in [0.5, 0.6) is 0 Å². The normalized spacial score (nSPS) is 20.7. The van der Waals surface area contributed by atoms with Gasteiger partial charge in [0.25, 0.3) is 0 Å². The van der Waals surface area contributed by atoms with Crippen molar-refractivity contribution in [3.63, 3.8) is 0 Å². The molecular formula is C12H25N3O2. The molecule has 1 fully saturated rings. The van der Waals surface area contributed by atoms with Gasteiger partial charge in [-0.05, 0) is 53.5 Å². The Kier molecular flexibility index (Phi) is 5.36. The van der Waals surface area contributed by atoms with Gasteiger partial charge < -0.3 is 20.2 Å². The van der Waals surface area contributed by atoms with Crippen LogP contribution in [-0.4, -0.2) is 73.7 Å². The predicted octanol–water partition coefficient (Wildman–Crippen LogP) is 0.0767. The van der Waals surface area contributed by atoms with E-state index in [2.05, 4.69) is 29.2 Å². The molecule has 1 saturated heterocycles. The fraction of sp³-hybridized carbons (Fsp3) is 0.917. The average molecular weight is 243 g/mol. The Morgan fingerprint density at radius 2 is 2.00 bits per heavy atom. The molecule has 5 heteroatoms. The molecule has 100 valence electrons. The maximum absolute atomic E-state index is 11.2. The van der Waals surface area contributed by atoms with Crippen molar-refractivity contribution in [3.05, 3.63) is 0 Å². The fourth-order valence-corrected chi connectivity index (χ4v) is 2.34. The largest absolute Gasteiger partial charge is 0.480 e. The summed E-state index contributed by atoms with van der Waals surface area (Å²) in [6.45, 7) is 3.91. The number of rotatable bonds is 6. The number of likely N-dealkylation sites (tertiary alicyclic amines) is 1. The van der Waals surface area contributed by atoms with Gasteiger partial charge in [-0.25, -0.2) is 0 Å². The number of hydrogen-bond donors (Lipinski definition) is 2. The first-order valence-corrected chi connectivity index (χ1v) is 6.29. The topological polar surface area (TPSA) is 55.8 Å². The van der Waals surface area contributed by atoms with Crippen molar-refractivity contribution in [3.8, 4) is 0 Å². The summed E-state index contributed by atoms with van der Waals surface area (Å²) in [5, 5.41) is 12.2. The molecule has 17 heavy (non-hydrogen) atoms. The van der Waals surface area contributed by atoms with Crippen LogP contribution >= 0.6 is 0 Å². The Morgan fingerprint density at radius 1 is 1.41 bits per heavy atom. The molecule has 1 aliphatic heterocycles. The van der Waals surface area contributed by atoms with Gasteiger partial charge in [0.1, 0.15) is 5.54 Å². The lowest BCUT2D eigenvalue weighted by atomic mass is 9.87.